The van der Waals surface area contributed by atoms with Gasteiger partial charge in [0.05, 0.1) is 11.1 Å². The standard InChI is InChI=1S/C26H27F5/c1-2-3-21-16-24(27)23(25(28)17-21)15-12-19-7-4-18(5-8-19)6-9-20-10-13-22(14-11-20)26(29,30)31/h10-11,13-14,16-19H,2-9H2,1H3/t18-,19-. The zero-order valence-corrected chi connectivity index (χ0v) is 17.7. The fourth-order valence-electron chi connectivity index (χ4n) is 4.18. The molecule has 1 aliphatic rings. The van der Waals surface area contributed by atoms with Crippen LogP contribution < -0.4 is 0 Å². The lowest BCUT2D eigenvalue weighted by molar-refractivity contribution is -0.137. The zero-order valence-electron chi connectivity index (χ0n) is 17.7. The number of hydrogen-bond acceptors (Lipinski definition) is 0. The van der Waals surface area contributed by atoms with E-state index in [4.69, 9.17) is 0 Å². The van der Waals surface area contributed by atoms with Gasteiger partial charge in [-0.05, 0) is 86.3 Å². The van der Waals surface area contributed by atoms with Crippen LogP contribution >= 0.6 is 0 Å². The maximum atomic E-state index is 14.2. The largest absolute Gasteiger partial charge is 0.416 e. The molecule has 0 atom stereocenters. The van der Waals surface area contributed by atoms with Gasteiger partial charge in [0.1, 0.15) is 11.6 Å². The van der Waals surface area contributed by atoms with Crippen LogP contribution in [0.1, 0.15) is 67.7 Å². The lowest BCUT2D eigenvalue weighted by Crippen LogP contribution is -2.14. The molecule has 0 radical (unpaired) electrons. The summed E-state index contributed by atoms with van der Waals surface area (Å²) in [4.78, 5) is 0. The van der Waals surface area contributed by atoms with E-state index < -0.39 is 23.4 Å². The summed E-state index contributed by atoms with van der Waals surface area (Å²) in [7, 11) is 0. The minimum absolute atomic E-state index is 0.122. The first kappa shape index (κ1) is 23.3. The number of hydrogen-bond donors (Lipinski definition) is 0. The highest BCUT2D eigenvalue weighted by atomic mass is 19.4. The van der Waals surface area contributed by atoms with Crippen molar-refractivity contribution >= 4 is 0 Å². The molecular formula is C26H27F5. The molecule has 0 heterocycles. The van der Waals surface area contributed by atoms with Gasteiger partial charge in [-0.3, -0.25) is 0 Å². The second-order valence-electron chi connectivity index (χ2n) is 8.40. The lowest BCUT2D eigenvalue weighted by Gasteiger charge is -2.25. The Bertz CT molecular complexity index is 900. The maximum Gasteiger partial charge on any atom is 0.416 e. The molecule has 2 aromatic rings. The molecule has 0 N–H and O–H groups in total. The minimum atomic E-state index is -4.30. The molecule has 2 aromatic carbocycles. The topological polar surface area (TPSA) is 0 Å². The first-order valence-electron chi connectivity index (χ1n) is 10.9. The molecule has 0 saturated heterocycles. The molecule has 0 amide bonds. The quantitative estimate of drug-likeness (QED) is 0.334. The molecule has 166 valence electrons. The summed E-state index contributed by atoms with van der Waals surface area (Å²) in [5, 5.41) is 0. The summed E-state index contributed by atoms with van der Waals surface area (Å²) in [5.41, 5.74) is 0.788. The van der Waals surface area contributed by atoms with Crippen LogP contribution in [-0.2, 0) is 19.0 Å². The molecule has 0 nitrogen and oxygen atoms in total. The van der Waals surface area contributed by atoms with Crippen LogP contribution in [0.2, 0.25) is 0 Å². The fourth-order valence-corrected chi connectivity index (χ4v) is 4.18. The summed E-state index contributed by atoms with van der Waals surface area (Å²) < 4.78 is 66.3. The molecule has 3 rings (SSSR count). The van der Waals surface area contributed by atoms with E-state index >= 15 is 0 Å². The van der Waals surface area contributed by atoms with Gasteiger partial charge >= 0.3 is 6.18 Å². The van der Waals surface area contributed by atoms with Crippen molar-refractivity contribution in [2.45, 2.75) is 64.5 Å². The molecule has 1 saturated carbocycles. The van der Waals surface area contributed by atoms with E-state index in [-0.39, 0.29) is 11.5 Å². The normalized spacial score (nSPS) is 19.0. The molecule has 1 aliphatic carbocycles. The van der Waals surface area contributed by atoms with Gasteiger partial charge in [0.25, 0.3) is 0 Å². The molecule has 0 spiro atoms. The summed E-state index contributed by atoms with van der Waals surface area (Å²) in [5.74, 6) is 5.20. The van der Waals surface area contributed by atoms with Crippen LogP contribution in [0.5, 0.6) is 0 Å². The first-order chi connectivity index (χ1) is 14.8. The van der Waals surface area contributed by atoms with E-state index in [0.29, 0.717) is 17.9 Å². The van der Waals surface area contributed by atoms with Crippen molar-refractivity contribution in [3.63, 3.8) is 0 Å². The van der Waals surface area contributed by atoms with Crippen molar-refractivity contribution in [1.29, 1.82) is 0 Å². The van der Waals surface area contributed by atoms with Crippen LogP contribution in [0.4, 0.5) is 22.0 Å². The van der Waals surface area contributed by atoms with Gasteiger partial charge < -0.3 is 0 Å². The van der Waals surface area contributed by atoms with Crippen molar-refractivity contribution in [3.8, 4) is 11.8 Å². The Balaban J connectivity index is 1.50. The Morgan fingerprint density at radius 1 is 0.871 bits per heavy atom. The predicted octanol–water partition coefficient (Wildman–Crippen LogP) is 7.73. The molecule has 0 aliphatic heterocycles. The van der Waals surface area contributed by atoms with Crippen molar-refractivity contribution in [2.75, 3.05) is 0 Å². The van der Waals surface area contributed by atoms with E-state index in [1.54, 1.807) is 12.1 Å². The van der Waals surface area contributed by atoms with Crippen LogP contribution in [0, 0.1) is 35.3 Å². The summed E-state index contributed by atoms with van der Waals surface area (Å²) in [6.07, 6.45) is 2.53. The van der Waals surface area contributed by atoms with Gasteiger partial charge in [-0.2, -0.15) is 13.2 Å². The molecule has 0 aromatic heterocycles. The predicted molar refractivity (Wildman–Crippen MR) is 112 cm³/mol. The minimum Gasteiger partial charge on any atom is -0.206 e. The van der Waals surface area contributed by atoms with Crippen molar-refractivity contribution in [3.05, 3.63) is 70.3 Å². The van der Waals surface area contributed by atoms with Crippen LogP contribution in [0.15, 0.2) is 36.4 Å². The van der Waals surface area contributed by atoms with Crippen molar-refractivity contribution in [2.24, 2.45) is 11.8 Å². The summed E-state index contributed by atoms with van der Waals surface area (Å²) in [6.45, 7) is 1.96. The van der Waals surface area contributed by atoms with Gasteiger partial charge in [-0.15, -0.1) is 0 Å². The van der Waals surface area contributed by atoms with E-state index in [9.17, 15) is 22.0 Å². The Morgan fingerprint density at radius 3 is 2.03 bits per heavy atom. The first-order valence-corrected chi connectivity index (χ1v) is 10.9. The molecule has 31 heavy (non-hydrogen) atoms. The van der Waals surface area contributed by atoms with Gasteiger partial charge in [0, 0.05) is 5.92 Å². The molecular weight excluding hydrogens is 407 g/mol. The number of benzene rings is 2. The lowest BCUT2D eigenvalue weighted by atomic mass is 9.79. The van der Waals surface area contributed by atoms with Gasteiger partial charge in [-0.25, -0.2) is 8.78 Å². The highest BCUT2D eigenvalue weighted by Gasteiger charge is 2.30. The molecule has 5 heteroatoms. The summed E-state index contributed by atoms with van der Waals surface area (Å²) >= 11 is 0. The van der Waals surface area contributed by atoms with E-state index in [0.717, 1.165) is 62.6 Å². The number of rotatable bonds is 5. The highest BCUT2D eigenvalue weighted by molar-refractivity contribution is 5.39. The van der Waals surface area contributed by atoms with Gasteiger partial charge in [0.15, 0.2) is 0 Å². The van der Waals surface area contributed by atoms with Crippen molar-refractivity contribution < 1.29 is 22.0 Å². The Labute approximate surface area is 180 Å². The number of halogens is 5. The smallest absolute Gasteiger partial charge is 0.206 e. The third kappa shape index (κ3) is 6.56. The molecule has 1 fully saturated rings. The van der Waals surface area contributed by atoms with E-state index in [1.165, 1.54) is 12.1 Å². The third-order valence-corrected chi connectivity index (χ3v) is 6.01. The van der Waals surface area contributed by atoms with Gasteiger partial charge in [0.2, 0.25) is 0 Å². The van der Waals surface area contributed by atoms with Crippen molar-refractivity contribution in [1.82, 2.24) is 0 Å². The maximum absolute atomic E-state index is 14.2. The number of alkyl halides is 3. The zero-order chi connectivity index (χ0) is 22.4. The number of aryl methyl sites for hydroxylation is 2. The Kier molecular flexibility index (Phi) is 7.75. The summed E-state index contributed by atoms with van der Waals surface area (Å²) in [6, 6.07) is 8.11. The van der Waals surface area contributed by atoms with E-state index in [2.05, 4.69) is 11.8 Å². The SMILES string of the molecule is CCCc1cc(F)c(C#C[C@H]2CC[C@H](CCc3ccc(C(F)(F)F)cc3)CC2)c(F)c1. The monoisotopic (exact) mass is 434 g/mol. The average Bonchev–Trinajstić information content (AvgIpc) is 2.72. The van der Waals surface area contributed by atoms with Gasteiger partial charge in [-0.1, -0.05) is 37.3 Å². The third-order valence-electron chi connectivity index (χ3n) is 6.01. The molecule has 0 unspecified atom stereocenters. The second kappa shape index (κ2) is 10.3. The average molecular weight is 434 g/mol. The fraction of sp³-hybridized carbons (Fsp3) is 0.462. The van der Waals surface area contributed by atoms with Crippen LogP contribution in [-0.4, -0.2) is 0 Å². The van der Waals surface area contributed by atoms with Crippen LogP contribution in [0.25, 0.3) is 0 Å². The van der Waals surface area contributed by atoms with Crippen LogP contribution in [0.3, 0.4) is 0 Å². The highest BCUT2D eigenvalue weighted by Crippen LogP contribution is 2.32. The molecule has 0 bridgehead atoms. The van der Waals surface area contributed by atoms with E-state index in [1.807, 2.05) is 6.92 Å². The second-order valence-corrected chi connectivity index (χ2v) is 8.40. The Hall–Kier alpha value is -2.35. The Morgan fingerprint density at radius 2 is 1.48 bits per heavy atom.